The number of hydrogen-bond donors (Lipinski definition) is 1. The van der Waals surface area contributed by atoms with Crippen LogP contribution in [0.1, 0.15) is 23.2 Å². The van der Waals surface area contributed by atoms with E-state index in [9.17, 15) is 9.18 Å². The standard InChI is InChI=1S/C12H13BrFNOS/c1-17-12(4-5-12)7-15-11(16)8-2-3-10(14)9(13)6-8/h2-3,6H,4-5,7H2,1H3,(H,15,16). The van der Waals surface area contributed by atoms with E-state index in [4.69, 9.17) is 0 Å². The van der Waals surface area contributed by atoms with Crippen molar-refractivity contribution in [2.75, 3.05) is 12.8 Å². The van der Waals surface area contributed by atoms with Crippen molar-refractivity contribution in [2.45, 2.75) is 17.6 Å². The SMILES string of the molecule is CSC1(CNC(=O)c2ccc(F)c(Br)c2)CC1. The number of benzene rings is 1. The third-order valence-electron chi connectivity index (χ3n) is 2.99. The van der Waals surface area contributed by atoms with Gasteiger partial charge in [0.05, 0.1) is 4.47 Å². The molecule has 1 aliphatic carbocycles. The largest absolute Gasteiger partial charge is 0.351 e. The Morgan fingerprint density at radius 2 is 2.29 bits per heavy atom. The Morgan fingerprint density at radius 1 is 1.59 bits per heavy atom. The average molecular weight is 318 g/mol. The number of rotatable bonds is 4. The van der Waals surface area contributed by atoms with Crippen LogP contribution in [0.15, 0.2) is 22.7 Å². The first kappa shape index (κ1) is 12.9. The summed E-state index contributed by atoms with van der Waals surface area (Å²) >= 11 is 4.87. The number of thioether (sulfide) groups is 1. The molecule has 1 N–H and O–H groups in total. The lowest BCUT2D eigenvalue weighted by molar-refractivity contribution is 0.0953. The van der Waals surface area contributed by atoms with Crippen molar-refractivity contribution in [3.63, 3.8) is 0 Å². The van der Waals surface area contributed by atoms with Crippen molar-refractivity contribution >= 4 is 33.6 Å². The molecule has 0 aliphatic heterocycles. The summed E-state index contributed by atoms with van der Waals surface area (Å²) in [6.07, 6.45) is 4.37. The maximum absolute atomic E-state index is 13.0. The lowest BCUT2D eigenvalue weighted by Crippen LogP contribution is -2.31. The van der Waals surface area contributed by atoms with Crippen LogP contribution in [0.25, 0.3) is 0 Å². The van der Waals surface area contributed by atoms with Crippen LogP contribution < -0.4 is 5.32 Å². The first-order valence-electron chi connectivity index (χ1n) is 5.35. The molecule has 0 atom stereocenters. The van der Waals surface area contributed by atoms with Crippen molar-refractivity contribution in [1.29, 1.82) is 0 Å². The average Bonchev–Trinajstić information content (AvgIpc) is 3.10. The van der Waals surface area contributed by atoms with Gasteiger partial charge in [-0.3, -0.25) is 4.79 Å². The molecule has 1 aromatic carbocycles. The van der Waals surface area contributed by atoms with Crippen molar-refractivity contribution < 1.29 is 9.18 Å². The molecule has 2 rings (SSSR count). The van der Waals surface area contributed by atoms with E-state index < -0.39 is 0 Å². The number of carbonyl (C=O) groups excluding carboxylic acids is 1. The normalized spacial score (nSPS) is 16.6. The van der Waals surface area contributed by atoms with E-state index in [0.29, 0.717) is 16.6 Å². The predicted molar refractivity (Wildman–Crippen MR) is 71.9 cm³/mol. The first-order valence-corrected chi connectivity index (χ1v) is 7.36. The predicted octanol–water partition coefficient (Wildman–Crippen LogP) is 3.21. The smallest absolute Gasteiger partial charge is 0.251 e. The summed E-state index contributed by atoms with van der Waals surface area (Å²) in [5.74, 6) is -0.504. The van der Waals surface area contributed by atoms with E-state index in [-0.39, 0.29) is 16.5 Å². The van der Waals surface area contributed by atoms with E-state index in [1.807, 2.05) is 0 Å². The molecule has 1 aromatic rings. The maximum Gasteiger partial charge on any atom is 0.251 e. The van der Waals surface area contributed by atoms with Crippen LogP contribution in [0.3, 0.4) is 0 Å². The van der Waals surface area contributed by atoms with Gasteiger partial charge in [-0.2, -0.15) is 11.8 Å². The van der Waals surface area contributed by atoms with Crippen LogP contribution in [0.2, 0.25) is 0 Å². The highest BCUT2D eigenvalue weighted by Crippen LogP contribution is 2.46. The van der Waals surface area contributed by atoms with Crippen LogP contribution >= 0.6 is 27.7 Å². The fourth-order valence-electron chi connectivity index (χ4n) is 1.57. The van der Waals surface area contributed by atoms with Crippen molar-refractivity contribution in [3.8, 4) is 0 Å². The Kier molecular flexibility index (Phi) is 3.78. The molecule has 0 aromatic heterocycles. The third-order valence-corrected chi connectivity index (χ3v) is 5.02. The minimum atomic E-state index is -0.357. The zero-order valence-electron chi connectivity index (χ0n) is 9.43. The Morgan fingerprint density at radius 3 is 2.82 bits per heavy atom. The molecule has 17 heavy (non-hydrogen) atoms. The quantitative estimate of drug-likeness (QED) is 0.923. The van der Waals surface area contributed by atoms with Gasteiger partial charge in [-0.15, -0.1) is 0 Å². The monoisotopic (exact) mass is 317 g/mol. The fraction of sp³-hybridized carbons (Fsp3) is 0.417. The number of amides is 1. The van der Waals surface area contributed by atoms with Crippen LogP contribution in [0, 0.1) is 5.82 Å². The van der Waals surface area contributed by atoms with E-state index in [0.717, 1.165) is 12.8 Å². The van der Waals surface area contributed by atoms with Gasteiger partial charge >= 0.3 is 0 Å². The molecule has 0 radical (unpaired) electrons. The molecule has 92 valence electrons. The molecule has 0 unspecified atom stereocenters. The zero-order valence-corrected chi connectivity index (χ0v) is 11.8. The van der Waals surface area contributed by atoms with Gasteiger partial charge in [-0.05, 0) is 53.2 Å². The van der Waals surface area contributed by atoms with Crippen molar-refractivity contribution in [1.82, 2.24) is 5.32 Å². The molecule has 0 heterocycles. The molecule has 1 saturated carbocycles. The summed E-state index contributed by atoms with van der Waals surface area (Å²) in [5.41, 5.74) is 0.482. The van der Waals surface area contributed by atoms with Crippen molar-refractivity contribution in [2.24, 2.45) is 0 Å². The second-order valence-electron chi connectivity index (χ2n) is 4.20. The lowest BCUT2D eigenvalue weighted by atomic mass is 10.2. The van der Waals surface area contributed by atoms with Gasteiger partial charge in [0.2, 0.25) is 0 Å². The van der Waals surface area contributed by atoms with E-state index in [1.54, 1.807) is 11.8 Å². The molecule has 1 aliphatic rings. The Labute approximate surface area is 112 Å². The molecule has 1 amide bonds. The fourth-order valence-corrected chi connectivity index (χ4v) is 2.68. The van der Waals surface area contributed by atoms with Gasteiger partial charge < -0.3 is 5.32 Å². The minimum Gasteiger partial charge on any atom is -0.351 e. The van der Waals surface area contributed by atoms with Gasteiger partial charge in [0.1, 0.15) is 5.82 Å². The molecular formula is C12H13BrFNOS. The van der Waals surface area contributed by atoms with Gasteiger partial charge in [0, 0.05) is 16.9 Å². The highest BCUT2D eigenvalue weighted by atomic mass is 79.9. The summed E-state index contributed by atoms with van der Waals surface area (Å²) in [6.45, 7) is 0.683. The number of nitrogens with one attached hydrogen (secondary N) is 1. The lowest BCUT2D eigenvalue weighted by Gasteiger charge is -2.13. The summed E-state index contributed by atoms with van der Waals surface area (Å²) in [7, 11) is 0. The molecule has 2 nitrogen and oxygen atoms in total. The molecule has 0 spiro atoms. The Hall–Kier alpha value is -0.550. The second kappa shape index (κ2) is 4.98. The van der Waals surface area contributed by atoms with E-state index in [1.165, 1.54) is 18.2 Å². The van der Waals surface area contributed by atoms with E-state index >= 15 is 0 Å². The number of carbonyl (C=O) groups is 1. The summed E-state index contributed by atoms with van der Waals surface area (Å²) < 4.78 is 13.6. The summed E-state index contributed by atoms with van der Waals surface area (Å²) in [4.78, 5) is 11.8. The molecular weight excluding hydrogens is 305 g/mol. The summed E-state index contributed by atoms with van der Waals surface area (Å²) in [6, 6.07) is 4.29. The highest BCUT2D eigenvalue weighted by Gasteiger charge is 2.41. The van der Waals surface area contributed by atoms with Crippen LogP contribution in [0.4, 0.5) is 4.39 Å². The van der Waals surface area contributed by atoms with Crippen LogP contribution in [-0.4, -0.2) is 23.5 Å². The van der Waals surface area contributed by atoms with Gasteiger partial charge in [-0.1, -0.05) is 0 Å². The highest BCUT2D eigenvalue weighted by molar-refractivity contribution is 9.10. The van der Waals surface area contributed by atoms with Crippen LogP contribution in [-0.2, 0) is 0 Å². The number of hydrogen-bond acceptors (Lipinski definition) is 2. The van der Waals surface area contributed by atoms with Gasteiger partial charge in [0.15, 0.2) is 0 Å². The molecule has 0 saturated heterocycles. The van der Waals surface area contributed by atoms with Gasteiger partial charge in [0.25, 0.3) is 5.91 Å². The number of halogens is 2. The maximum atomic E-state index is 13.0. The molecule has 5 heteroatoms. The summed E-state index contributed by atoms with van der Waals surface area (Å²) in [5, 5.41) is 2.90. The first-order chi connectivity index (χ1) is 8.06. The van der Waals surface area contributed by atoms with Crippen LogP contribution in [0.5, 0.6) is 0 Å². The molecule has 0 bridgehead atoms. The minimum absolute atomic E-state index is 0.147. The van der Waals surface area contributed by atoms with E-state index in [2.05, 4.69) is 27.5 Å². The zero-order chi connectivity index (χ0) is 12.5. The third kappa shape index (κ3) is 3.01. The Balaban J connectivity index is 1.97. The second-order valence-corrected chi connectivity index (χ2v) is 6.33. The van der Waals surface area contributed by atoms with Crippen molar-refractivity contribution in [3.05, 3.63) is 34.1 Å². The molecule has 1 fully saturated rings. The Bertz CT molecular complexity index is 448. The van der Waals surface area contributed by atoms with Gasteiger partial charge in [-0.25, -0.2) is 4.39 Å². The topological polar surface area (TPSA) is 29.1 Å².